The summed E-state index contributed by atoms with van der Waals surface area (Å²) in [5.74, 6) is 5.42. The van der Waals surface area contributed by atoms with Gasteiger partial charge >= 0.3 is 0 Å². The average Bonchev–Trinajstić information content (AvgIpc) is 2.26. The fourth-order valence-corrected chi connectivity index (χ4v) is 2.71. The van der Waals surface area contributed by atoms with E-state index in [0.29, 0.717) is 0 Å². The van der Waals surface area contributed by atoms with Crippen LogP contribution < -0.4 is 11.3 Å². The second-order valence-corrected chi connectivity index (χ2v) is 7.27. The molecule has 0 aliphatic rings. The maximum atomic E-state index is 11.4. The standard InChI is InChI=1S/C12H28N2O2S/c1-4-5-6-7-8-9-10-12(14-13)11(2)17(3,15)16/h11-12,14H,4-10,13H2,1-3H3. The van der Waals surface area contributed by atoms with Gasteiger partial charge in [-0.05, 0) is 13.3 Å². The molecule has 0 saturated carbocycles. The van der Waals surface area contributed by atoms with E-state index in [0.717, 1.165) is 19.3 Å². The molecule has 0 spiro atoms. The Morgan fingerprint density at radius 1 is 1.12 bits per heavy atom. The van der Waals surface area contributed by atoms with Gasteiger partial charge in [-0.15, -0.1) is 0 Å². The summed E-state index contributed by atoms with van der Waals surface area (Å²) in [5, 5.41) is -0.414. The Kier molecular flexibility index (Phi) is 8.82. The molecule has 104 valence electrons. The lowest BCUT2D eigenvalue weighted by molar-refractivity contribution is 0.445. The summed E-state index contributed by atoms with van der Waals surface area (Å²) >= 11 is 0. The molecule has 0 amide bonds. The van der Waals surface area contributed by atoms with Gasteiger partial charge in [0.2, 0.25) is 0 Å². The normalized spacial score (nSPS) is 15.8. The Morgan fingerprint density at radius 3 is 2.12 bits per heavy atom. The van der Waals surface area contributed by atoms with E-state index in [4.69, 9.17) is 5.84 Å². The molecule has 3 N–H and O–H groups in total. The minimum Gasteiger partial charge on any atom is -0.271 e. The molecule has 0 aliphatic carbocycles. The van der Waals surface area contributed by atoms with Crippen molar-refractivity contribution in [2.45, 2.75) is 70.1 Å². The van der Waals surface area contributed by atoms with E-state index in [9.17, 15) is 8.42 Å². The number of rotatable bonds is 10. The minimum atomic E-state index is -3.01. The molecule has 0 aromatic rings. The van der Waals surface area contributed by atoms with Gasteiger partial charge in [0.05, 0.1) is 5.25 Å². The molecule has 17 heavy (non-hydrogen) atoms. The second kappa shape index (κ2) is 8.89. The molecule has 2 atom stereocenters. The number of unbranched alkanes of at least 4 members (excludes halogenated alkanes) is 5. The van der Waals surface area contributed by atoms with E-state index in [1.807, 2.05) is 0 Å². The fourth-order valence-electron chi connectivity index (χ4n) is 1.90. The van der Waals surface area contributed by atoms with Crippen molar-refractivity contribution in [1.29, 1.82) is 0 Å². The molecule has 0 rings (SSSR count). The highest BCUT2D eigenvalue weighted by molar-refractivity contribution is 7.91. The van der Waals surface area contributed by atoms with Crippen molar-refractivity contribution < 1.29 is 8.42 Å². The van der Waals surface area contributed by atoms with Gasteiger partial charge in [0, 0.05) is 12.3 Å². The number of nitrogens with two attached hydrogens (primary N) is 1. The lowest BCUT2D eigenvalue weighted by Gasteiger charge is -2.21. The first kappa shape index (κ1) is 16.9. The van der Waals surface area contributed by atoms with Crippen LogP contribution in [0.2, 0.25) is 0 Å². The fraction of sp³-hybridized carbons (Fsp3) is 1.00. The predicted octanol–water partition coefficient (Wildman–Crippen LogP) is 2.00. The van der Waals surface area contributed by atoms with E-state index >= 15 is 0 Å². The molecule has 5 heteroatoms. The zero-order valence-corrected chi connectivity index (χ0v) is 12.2. The Balaban J connectivity index is 3.83. The summed E-state index contributed by atoms with van der Waals surface area (Å²) in [6.45, 7) is 3.92. The van der Waals surface area contributed by atoms with Crippen LogP contribution in [0.3, 0.4) is 0 Å². The van der Waals surface area contributed by atoms with Crippen molar-refractivity contribution in [3.8, 4) is 0 Å². The van der Waals surface area contributed by atoms with Gasteiger partial charge in [-0.3, -0.25) is 11.3 Å². The molecule has 0 aromatic carbocycles. The number of nitrogens with one attached hydrogen (secondary N) is 1. The molecular weight excluding hydrogens is 236 g/mol. The molecule has 0 aromatic heterocycles. The minimum absolute atomic E-state index is 0.129. The molecule has 0 fully saturated rings. The number of hydrazine groups is 1. The van der Waals surface area contributed by atoms with Crippen molar-refractivity contribution in [2.75, 3.05) is 6.26 Å². The van der Waals surface area contributed by atoms with Crippen LogP contribution in [0.25, 0.3) is 0 Å². The Labute approximate surface area is 106 Å². The van der Waals surface area contributed by atoms with Crippen molar-refractivity contribution in [2.24, 2.45) is 5.84 Å². The molecule has 2 unspecified atom stereocenters. The van der Waals surface area contributed by atoms with Crippen molar-refractivity contribution in [1.82, 2.24) is 5.43 Å². The quantitative estimate of drug-likeness (QED) is 0.360. The Bertz CT molecular complexity index is 278. The van der Waals surface area contributed by atoms with Gasteiger partial charge < -0.3 is 0 Å². The van der Waals surface area contributed by atoms with Gasteiger partial charge in [0.25, 0.3) is 0 Å². The smallest absolute Gasteiger partial charge is 0.151 e. The lowest BCUT2D eigenvalue weighted by Crippen LogP contribution is -2.45. The zero-order chi connectivity index (χ0) is 13.3. The molecular formula is C12H28N2O2S. The summed E-state index contributed by atoms with van der Waals surface area (Å²) in [7, 11) is -3.01. The third kappa shape index (κ3) is 7.73. The SMILES string of the molecule is CCCCCCCCC(NN)C(C)S(C)(=O)=O. The second-order valence-electron chi connectivity index (χ2n) is 4.86. The van der Waals surface area contributed by atoms with Gasteiger partial charge in [-0.1, -0.05) is 45.4 Å². The topological polar surface area (TPSA) is 72.2 Å². The molecule has 0 radical (unpaired) electrons. The van der Waals surface area contributed by atoms with Crippen LogP contribution in [-0.4, -0.2) is 26.0 Å². The van der Waals surface area contributed by atoms with Gasteiger partial charge in [0.1, 0.15) is 0 Å². The van der Waals surface area contributed by atoms with E-state index < -0.39 is 15.1 Å². The number of sulfone groups is 1. The highest BCUT2D eigenvalue weighted by atomic mass is 32.2. The first-order chi connectivity index (χ1) is 7.93. The largest absolute Gasteiger partial charge is 0.271 e. The highest BCUT2D eigenvalue weighted by Crippen LogP contribution is 2.13. The van der Waals surface area contributed by atoms with E-state index in [-0.39, 0.29) is 6.04 Å². The van der Waals surface area contributed by atoms with Crippen molar-refractivity contribution >= 4 is 9.84 Å². The average molecular weight is 264 g/mol. The number of hydrogen-bond acceptors (Lipinski definition) is 4. The summed E-state index contributed by atoms with van der Waals surface area (Å²) in [5.41, 5.74) is 2.63. The van der Waals surface area contributed by atoms with Gasteiger partial charge in [-0.2, -0.15) is 0 Å². The Hall–Kier alpha value is -0.130. The van der Waals surface area contributed by atoms with Crippen LogP contribution in [0.5, 0.6) is 0 Å². The van der Waals surface area contributed by atoms with Crippen molar-refractivity contribution in [3.63, 3.8) is 0 Å². The third-order valence-corrected chi connectivity index (χ3v) is 5.00. The van der Waals surface area contributed by atoms with Crippen molar-refractivity contribution in [3.05, 3.63) is 0 Å². The van der Waals surface area contributed by atoms with Crippen LogP contribution in [0.1, 0.15) is 58.8 Å². The zero-order valence-electron chi connectivity index (χ0n) is 11.4. The lowest BCUT2D eigenvalue weighted by atomic mass is 10.0. The summed E-state index contributed by atoms with van der Waals surface area (Å²) in [6.07, 6.45) is 9.35. The van der Waals surface area contributed by atoms with Crippen LogP contribution in [-0.2, 0) is 9.84 Å². The molecule has 0 heterocycles. The summed E-state index contributed by atoms with van der Waals surface area (Å²) in [4.78, 5) is 0. The third-order valence-electron chi connectivity index (χ3n) is 3.32. The van der Waals surface area contributed by atoms with Crippen LogP contribution in [0.15, 0.2) is 0 Å². The first-order valence-electron chi connectivity index (χ1n) is 6.58. The Morgan fingerprint density at radius 2 is 1.65 bits per heavy atom. The molecule has 0 bridgehead atoms. The highest BCUT2D eigenvalue weighted by Gasteiger charge is 2.24. The predicted molar refractivity (Wildman–Crippen MR) is 73.4 cm³/mol. The number of hydrogen-bond donors (Lipinski definition) is 2. The summed E-state index contributed by atoms with van der Waals surface area (Å²) < 4.78 is 22.8. The van der Waals surface area contributed by atoms with E-state index in [1.54, 1.807) is 6.92 Å². The molecule has 4 nitrogen and oxygen atoms in total. The van der Waals surface area contributed by atoms with Gasteiger partial charge in [0.15, 0.2) is 9.84 Å². The van der Waals surface area contributed by atoms with Crippen LogP contribution in [0, 0.1) is 0 Å². The van der Waals surface area contributed by atoms with Crippen LogP contribution >= 0.6 is 0 Å². The van der Waals surface area contributed by atoms with Gasteiger partial charge in [-0.25, -0.2) is 8.42 Å². The van der Waals surface area contributed by atoms with E-state index in [1.165, 1.54) is 31.9 Å². The maximum Gasteiger partial charge on any atom is 0.151 e. The first-order valence-corrected chi connectivity index (χ1v) is 8.54. The summed E-state index contributed by atoms with van der Waals surface area (Å²) in [6, 6.07) is -0.129. The van der Waals surface area contributed by atoms with E-state index in [2.05, 4.69) is 12.3 Å². The maximum absolute atomic E-state index is 11.4. The molecule has 0 saturated heterocycles. The monoisotopic (exact) mass is 264 g/mol. The molecule has 0 aliphatic heterocycles. The van der Waals surface area contributed by atoms with Crippen LogP contribution in [0.4, 0.5) is 0 Å².